The predicted octanol–water partition coefficient (Wildman–Crippen LogP) is 4.08. The summed E-state index contributed by atoms with van der Waals surface area (Å²) >= 11 is 0. The molecule has 1 aliphatic heterocycles. The van der Waals surface area contributed by atoms with Gasteiger partial charge in [0.1, 0.15) is 6.54 Å². The largest absolute Gasteiger partial charge is 0.427 e. The van der Waals surface area contributed by atoms with E-state index in [1.54, 1.807) is 23.1 Å². The number of benzene rings is 2. The second-order valence-corrected chi connectivity index (χ2v) is 10.5. The van der Waals surface area contributed by atoms with Gasteiger partial charge in [0.05, 0.1) is 0 Å². The number of carbonyl (C=O) groups is 4. The number of amides is 5. The first-order chi connectivity index (χ1) is 18.2. The third-order valence-corrected chi connectivity index (χ3v) is 7.84. The van der Waals surface area contributed by atoms with Crippen molar-refractivity contribution >= 4 is 29.6 Å². The lowest BCUT2D eigenvalue weighted by Crippen LogP contribution is -2.47. The van der Waals surface area contributed by atoms with Crippen molar-refractivity contribution in [1.82, 2.24) is 15.1 Å². The fraction of sp³-hybridized carbons (Fsp3) is 0.448. The van der Waals surface area contributed by atoms with Crippen LogP contribution in [-0.2, 0) is 32.9 Å². The molecule has 5 rings (SSSR count). The third kappa shape index (κ3) is 4.85. The van der Waals surface area contributed by atoms with Crippen molar-refractivity contribution in [2.75, 3.05) is 18.4 Å². The molecule has 1 spiro atoms. The van der Waals surface area contributed by atoms with Gasteiger partial charge in [-0.1, -0.05) is 35.9 Å². The molecular formula is C29H34N4O5. The minimum atomic E-state index is -1.43. The Balaban J connectivity index is 1.33. The molecule has 0 radical (unpaired) electrons. The molecule has 5 amide bonds. The maximum Gasteiger partial charge on any atom is 0.418 e. The summed E-state index contributed by atoms with van der Waals surface area (Å²) in [5.41, 5.74) is 2.75. The molecule has 2 fully saturated rings. The van der Waals surface area contributed by atoms with Crippen LogP contribution in [0.5, 0.6) is 0 Å². The van der Waals surface area contributed by atoms with Crippen LogP contribution in [0.2, 0.25) is 0 Å². The maximum atomic E-state index is 13.7. The molecule has 9 nitrogen and oxygen atoms in total. The van der Waals surface area contributed by atoms with Crippen molar-refractivity contribution in [2.45, 2.75) is 64.6 Å². The fourth-order valence-electron chi connectivity index (χ4n) is 5.48. The number of urea groups is 1. The van der Waals surface area contributed by atoms with E-state index in [9.17, 15) is 19.2 Å². The highest BCUT2D eigenvalue weighted by atomic mass is 16.6. The van der Waals surface area contributed by atoms with E-state index in [0.29, 0.717) is 43.1 Å². The summed E-state index contributed by atoms with van der Waals surface area (Å²) in [4.78, 5) is 54.8. The second kappa shape index (κ2) is 10.1. The molecule has 2 aromatic carbocycles. The molecule has 1 saturated heterocycles. The summed E-state index contributed by atoms with van der Waals surface area (Å²) in [5.74, 6) is -0.346. The maximum absolute atomic E-state index is 13.7. The Morgan fingerprint density at radius 2 is 1.89 bits per heavy atom. The first kappa shape index (κ1) is 25.8. The van der Waals surface area contributed by atoms with E-state index in [1.807, 2.05) is 45.0 Å². The number of carbonyl (C=O) groups excluding carboxylic acids is 4. The smallest absolute Gasteiger partial charge is 0.418 e. The molecule has 38 heavy (non-hydrogen) atoms. The summed E-state index contributed by atoms with van der Waals surface area (Å²) in [6.45, 7) is 6.45. The molecule has 2 aromatic rings. The normalized spacial score (nSPS) is 20.8. The second-order valence-electron chi connectivity index (χ2n) is 10.5. The van der Waals surface area contributed by atoms with Gasteiger partial charge in [-0.15, -0.1) is 0 Å². The average Bonchev–Trinajstić information content (AvgIpc) is 3.64. The van der Waals surface area contributed by atoms with Crippen LogP contribution in [0.25, 0.3) is 0 Å². The van der Waals surface area contributed by atoms with Gasteiger partial charge >= 0.3 is 12.1 Å². The minimum Gasteiger partial charge on any atom is -0.427 e. The first-order valence-corrected chi connectivity index (χ1v) is 13.3. The van der Waals surface area contributed by atoms with Gasteiger partial charge in [-0.05, 0) is 69.2 Å². The number of hydrogen-bond acceptors (Lipinski definition) is 5. The van der Waals surface area contributed by atoms with Crippen LogP contribution in [0.4, 0.5) is 15.3 Å². The van der Waals surface area contributed by atoms with E-state index in [2.05, 4.69) is 10.6 Å². The summed E-state index contributed by atoms with van der Waals surface area (Å²) in [7, 11) is 0. The van der Waals surface area contributed by atoms with Crippen LogP contribution in [0.1, 0.15) is 55.4 Å². The monoisotopic (exact) mass is 518 g/mol. The van der Waals surface area contributed by atoms with E-state index in [-0.39, 0.29) is 24.5 Å². The number of nitrogens with zero attached hydrogens (tertiary/aromatic N) is 2. The lowest BCUT2D eigenvalue weighted by atomic mass is 9.94. The number of anilines is 1. The van der Waals surface area contributed by atoms with Crippen molar-refractivity contribution in [3.63, 3.8) is 0 Å². The van der Waals surface area contributed by atoms with Gasteiger partial charge in [0.2, 0.25) is 11.5 Å². The molecule has 2 aliphatic carbocycles. The molecule has 1 unspecified atom stereocenters. The Hall–Kier alpha value is -3.88. The van der Waals surface area contributed by atoms with Crippen molar-refractivity contribution in [1.29, 1.82) is 0 Å². The average molecular weight is 519 g/mol. The van der Waals surface area contributed by atoms with Gasteiger partial charge in [0, 0.05) is 36.8 Å². The highest BCUT2D eigenvalue weighted by Crippen LogP contribution is 2.46. The Labute approximate surface area is 222 Å². The Bertz CT molecular complexity index is 1270. The Morgan fingerprint density at radius 3 is 2.58 bits per heavy atom. The van der Waals surface area contributed by atoms with E-state index in [4.69, 9.17) is 4.74 Å². The summed E-state index contributed by atoms with van der Waals surface area (Å²) < 4.78 is 5.72. The van der Waals surface area contributed by atoms with Crippen LogP contribution in [-0.4, -0.2) is 52.9 Å². The van der Waals surface area contributed by atoms with Crippen LogP contribution in [0, 0.1) is 12.8 Å². The van der Waals surface area contributed by atoms with Gasteiger partial charge in [0.15, 0.2) is 0 Å². The number of aryl methyl sites for hydroxylation is 2. The summed E-state index contributed by atoms with van der Waals surface area (Å²) in [6, 6.07) is 12.9. The lowest BCUT2D eigenvalue weighted by Gasteiger charge is -2.31. The van der Waals surface area contributed by atoms with E-state index in [1.165, 1.54) is 0 Å². The quantitative estimate of drug-likeness (QED) is 0.548. The van der Waals surface area contributed by atoms with E-state index >= 15 is 0 Å². The molecule has 200 valence electrons. The SMILES string of the molecule is CCNC(=O)Nc1ccc2c(c1)CC[C@@]21OC(=O)N(CC(=O)N(Cc2ccc(C)cc2)C(C)C2CC2)C1=O. The molecule has 9 heteroatoms. The van der Waals surface area contributed by atoms with E-state index < -0.39 is 17.6 Å². The van der Waals surface area contributed by atoms with Gasteiger partial charge in [-0.3, -0.25) is 9.59 Å². The van der Waals surface area contributed by atoms with Crippen LogP contribution in [0.15, 0.2) is 42.5 Å². The lowest BCUT2D eigenvalue weighted by molar-refractivity contribution is -0.143. The number of nitrogens with one attached hydrogen (secondary N) is 2. The van der Waals surface area contributed by atoms with E-state index in [0.717, 1.165) is 34.4 Å². The molecule has 1 heterocycles. The Kier molecular flexibility index (Phi) is 6.86. The van der Waals surface area contributed by atoms with Crippen molar-refractivity contribution in [2.24, 2.45) is 5.92 Å². The van der Waals surface area contributed by atoms with Gasteiger partial charge in [0.25, 0.3) is 5.91 Å². The van der Waals surface area contributed by atoms with Crippen LogP contribution < -0.4 is 10.6 Å². The summed E-state index contributed by atoms with van der Waals surface area (Å²) in [6.07, 6.45) is 2.16. The van der Waals surface area contributed by atoms with Crippen LogP contribution in [0.3, 0.4) is 0 Å². The topological polar surface area (TPSA) is 108 Å². The molecule has 0 bridgehead atoms. The van der Waals surface area contributed by atoms with Crippen molar-refractivity contribution in [3.05, 3.63) is 64.7 Å². The first-order valence-electron chi connectivity index (χ1n) is 13.3. The summed E-state index contributed by atoms with van der Waals surface area (Å²) in [5, 5.41) is 5.44. The zero-order valence-corrected chi connectivity index (χ0v) is 22.1. The standard InChI is InChI=1S/C29H34N4O5/c1-4-30-27(36)31-23-11-12-24-22(15-23)13-14-29(24)26(35)33(28(37)38-29)17-25(34)32(19(3)21-9-10-21)16-20-7-5-18(2)6-8-20/h5-8,11-12,15,19,21H,4,9-10,13-14,16-17H2,1-3H3,(H2,30,31,36)/t19?,29-/m1/s1. The third-order valence-electron chi connectivity index (χ3n) is 7.84. The van der Waals surface area contributed by atoms with Gasteiger partial charge < -0.3 is 20.3 Å². The van der Waals surface area contributed by atoms with Gasteiger partial charge in [-0.25, -0.2) is 14.5 Å². The minimum absolute atomic E-state index is 0.00882. The zero-order chi connectivity index (χ0) is 27.0. The van der Waals surface area contributed by atoms with Crippen LogP contribution >= 0.6 is 0 Å². The molecule has 1 saturated carbocycles. The number of fused-ring (bicyclic) bond motifs is 2. The highest BCUT2D eigenvalue weighted by molar-refractivity contribution is 6.06. The molecule has 2 atom stereocenters. The van der Waals surface area contributed by atoms with Crippen molar-refractivity contribution < 1.29 is 23.9 Å². The fourth-order valence-corrected chi connectivity index (χ4v) is 5.48. The van der Waals surface area contributed by atoms with Gasteiger partial charge in [-0.2, -0.15) is 0 Å². The number of rotatable bonds is 8. The Morgan fingerprint density at radius 1 is 1.16 bits per heavy atom. The highest BCUT2D eigenvalue weighted by Gasteiger charge is 2.58. The number of ether oxygens (including phenoxy) is 1. The molecule has 2 N–H and O–H groups in total. The molecule has 3 aliphatic rings. The van der Waals surface area contributed by atoms with Crippen molar-refractivity contribution in [3.8, 4) is 0 Å². The number of hydrogen-bond donors (Lipinski definition) is 2. The molecular weight excluding hydrogens is 484 g/mol. The number of imide groups is 1. The zero-order valence-electron chi connectivity index (χ0n) is 22.1. The molecule has 0 aromatic heterocycles. The predicted molar refractivity (Wildman–Crippen MR) is 141 cm³/mol.